The van der Waals surface area contributed by atoms with Crippen LogP contribution in [0.2, 0.25) is 0 Å². The number of hydrogen-bond donors (Lipinski definition) is 1. The summed E-state index contributed by atoms with van der Waals surface area (Å²) in [4.78, 5) is 26.5. The van der Waals surface area contributed by atoms with Gasteiger partial charge in [-0.05, 0) is 19.1 Å². The molecule has 1 N–H and O–H groups in total. The monoisotopic (exact) mass is 247 g/mol. The van der Waals surface area contributed by atoms with Crippen molar-refractivity contribution < 1.29 is 14.3 Å². The number of benzene rings is 1. The third-order valence-corrected chi connectivity index (χ3v) is 2.58. The van der Waals surface area contributed by atoms with Gasteiger partial charge in [0.15, 0.2) is 0 Å². The van der Waals surface area contributed by atoms with Crippen LogP contribution in [0.1, 0.15) is 17.3 Å². The lowest BCUT2D eigenvalue weighted by Crippen LogP contribution is -2.18. The van der Waals surface area contributed by atoms with Gasteiger partial charge in [0, 0.05) is 17.6 Å². The van der Waals surface area contributed by atoms with E-state index in [2.05, 4.69) is 4.98 Å². The van der Waals surface area contributed by atoms with Crippen LogP contribution in [0.15, 0.2) is 29.2 Å². The largest absolute Gasteiger partial charge is 0.497 e. The summed E-state index contributed by atoms with van der Waals surface area (Å²) in [6.07, 6.45) is 1.36. The molecular weight excluding hydrogens is 234 g/mol. The number of H-pyrrole nitrogens is 1. The van der Waals surface area contributed by atoms with Crippen molar-refractivity contribution in [2.45, 2.75) is 6.92 Å². The average molecular weight is 247 g/mol. The topological polar surface area (TPSA) is 68.4 Å². The average Bonchev–Trinajstić information content (AvgIpc) is 2.38. The van der Waals surface area contributed by atoms with Crippen LogP contribution in [-0.4, -0.2) is 24.7 Å². The van der Waals surface area contributed by atoms with Crippen LogP contribution in [0.4, 0.5) is 0 Å². The van der Waals surface area contributed by atoms with E-state index in [0.717, 1.165) is 0 Å². The van der Waals surface area contributed by atoms with Crippen molar-refractivity contribution in [1.82, 2.24) is 4.98 Å². The molecule has 0 bridgehead atoms. The van der Waals surface area contributed by atoms with E-state index in [1.807, 2.05) is 0 Å². The molecule has 0 aliphatic carbocycles. The van der Waals surface area contributed by atoms with Gasteiger partial charge in [0.1, 0.15) is 11.3 Å². The molecule has 0 spiro atoms. The number of carbonyl (C=O) groups excluding carboxylic acids is 1. The molecule has 1 heterocycles. The van der Waals surface area contributed by atoms with Crippen molar-refractivity contribution in [3.05, 3.63) is 40.2 Å². The predicted octanol–water partition coefficient (Wildman–Crippen LogP) is 1.71. The molecule has 0 fully saturated rings. The van der Waals surface area contributed by atoms with Gasteiger partial charge in [-0.1, -0.05) is 0 Å². The van der Waals surface area contributed by atoms with Gasteiger partial charge in [-0.2, -0.15) is 0 Å². The Morgan fingerprint density at radius 3 is 2.83 bits per heavy atom. The van der Waals surface area contributed by atoms with Crippen molar-refractivity contribution in [2.75, 3.05) is 13.7 Å². The van der Waals surface area contributed by atoms with Crippen LogP contribution in [0, 0.1) is 0 Å². The van der Waals surface area contributed by atoms with E-state index in [-0.39, 0.29) is 17.6 Å². The van der Waals surface area contributed by atoms with E-state index in [0.29, 0.717) is 16.7 Å². The number of ether oxygens (including phenoxy) is 2. The summed E-state index contributed by atoms with van der Waals surface area (Å²) >= 11 is 0. The van der Waals surface area contributed by atoms with Crippen molar-refractivity contribution in [3.8, 4) is 5.75 Å². The molecule has 0 atom stereocenters. The third-order valence-electron chi connectivity index (χ3n) is 2.58. The van der Waals surface area contributed by atoms with E-state index in [9.17, 15) is 9.59 Å². The predicted molar refractivity (Wildman–Crippen MR) is 67.1 cm³/mol. The van der Waals surface area contributed by atoms with Gasteiger partial charge in [-0.15, -0.1) is 0 Å². The van der Waals surface area contributed by atoms with E-state index in [1.165, 1.54) is 6.20 Å². The van der Waals surface area contributed by atoms with Gasteiger partial charge < -0.3 is 14.5 Å². The lowest BCUT2D eigenvalue weighted by Gasteiger charge is -2.05. The maximum atomic E-state index is 12.1. The summed E-state index contributed by atoms with van der Waals surface area (Å²) < 4.78 is 9.88. The summed E-state index contributed by atoms with van der Waals surface area (Å²) in [6, 6.07) is 4.99. The van der Waals surface area contributed by atoms with Crippen molar-refractivity contribution in [2.24, 2.45) is 0 Å². The Labute approximate surface area is 103 Å². The first-order valence-electron chi connectivity index (χ1n) is 5.54. The molecule has 5 heteroatoms. The number of methoxy groups -OCH3 is 1. The Morgan fingerprint density at radius 1 is 1.39 bits per heavy atom. The maximum absolute atomic E-state index is 12.1. The van der Waals surface area contributed by atoms with Gasteiger partial charge in [0.25, 0.3) is 0 Å². The van der Waals surface area contributed by atoms with Crippen LogP contribution < -0.4 is 10.2 Å². The molecule has 94 valence electrons. The number of esters is 1. The normalized spacial score (nSPS) is 10.3. The zero-order valence-electron chi connectivity index (χ0n) is 10.1. The zero-order chi connectivity index (χ0) is 13.1. The lowest BCUT2D eigenvalue weighted by atomic mass is 10.1. The first kappa shape index (κ1) is 12.2. The molecule has 0 unspecified atom stereocenters. The SMILES string of the molecule is CCOC(=O)c1c[nH]c2cc(OC)ccc2c1=O. The van der Waals surface area contributed by atoms with E-state index in [4.69, 9.17) is 9.47 Å². The highest BCUT2D eigenvalue weighted by molar-refractivity contribution is 5.93. The maximum Gasteiger partial charge on any atom is 0.343 e. The minimum atomic E-state index is -0.614. The molecule has 18 heavy (non-hydrogen) atoms. The fourth-order valence-electron chi connectivity index (χ4n) is 1.69. The van der Waals surface area contributed by atoms with Crippen LogP contribution in [-0.2, 0) is 4.74 Å². The first-order chi connectivity index (χ1) is 8.67. The molecule has 0 amide bonds. The van der Waals surface area contributed by atoms with E-state index < -0.39 is 5.97 Å². The fourth-order valence-corrected chi connectivity index (χ4v) is 1.69. The molecule has 0 saturated carbocycles. The minimum Gasteiger partial charge on any atom is -0.497 e. The number of aromatic amines is 1. The second-order valence-corrected chi connectivity index (χ2v) is 3.66. The van der Waals surface area contributed by atoms with E-state index >= 15 is 0 Å². The van der Waals surface area contributed by atoms with Crippen LogP contribution >= 0.6 is 0 Å². The lowest BCUT2D eigenvalue weighted by molar-refractivity contribution is 0.0524. The minimum absolute atomic E-state index is 0.00881. The number of hydrogen-bond acceptors (Lipinski definition) is 4. The second-order valence-electron chi connectivity index (χ2n) is 3.66. The summed E-state index contributed by atoms with van der Waals surface area (Å²) in [5.74, 6) is 0.0264. The van der Waals surface area contributed by atoms with Gasteiger partial charge in [-0.25, -0.2) is 4.79 Å². The molecular formula is C13H13NO4. The smallest absolute Gasteiger partial charge is 0.343 e. The Hall–Kier alpha value is -2.30. The highest BCUT2D eigenvalue weighted by Crippen LogP contribution is 2.16. The highest BCUT2D eigenvalue weighted by Gasteiger charge is 2.13. The Balaban J connectivity index is 2.58. The van der Waals surface area contributed by atoms with Crippen LogP contribution in [0.5, 0.6) is 5.75 Å². The second kappa shape index (κ2) is 4.91. The third kappa shape index (κ3) is 2.07. The summed E-state index contributed by atoms with van der Waals surface area (Å²) in [5.41, 5.74) is 0.284. The number of carbonyl (C=O) groups is 1. The number of pyridine rings is 1. The Bertz CT molecular complexity index is 645. The first-order valence-corrected chi connectivity index (χ1v) is 5.54. The highest BCUT2D eigenvalue weighted by atomic mass is 16.5. The summed E-state index contributed by atoms with van der Waals surface area (Å²) in [5, 5.41) is 0.432. The number of nitrogens with one attached hydrogen (secondary N) is 1. The molecule has 1 aromatic carbocycles. The quantitative estimate of drug-likeness (QED) is 0.838. The molecule has 0 radical (unpaired) electrons. The molecule has 2 rings (SSSR count). The Kier molecular flexibility index (Phi) is 3.32. The van der Waals surface area contributed by atoms with Gasteiger partial charge in [-0.3, -0.25) is 4.79 Å². The van der Waals surface area contributed by atoms with E-state index in [1.54, 1.807) is 32.2 Å². The molecule has 0 aliphatic heterocycles. The molecule has 5 nitrogen and oxygen atoms in total. The number of aromatic nitrogens is 1. The standard InChI is InChI=1S/C13H13NO4/c1-3-18-13(16)10-7-14-11-6-8(17-2)4-5-9(11)12(10)15/h4-7H,3H2,1-2H3,(H,14,15). The molecule has 1 aromatic heterocycles. The van der Waals surface area contributed by atoms with Crippen LogP contribution in [0.3, 0.4) is 0 Å². The molecule has 2 aromatic rings. The molecule has 0 aliphatic rings. The molecule has 0 saturated heterocycles. The zero-order valence-corrected chi connectivity index (χ0v) is 10.1. The van der Waals surface area contributed by atoms with Gasteiger partial charge >= 0.3 is 5.97 Å². The summed E-state index contributed by atoms with van der Waals surface area (Å²) in [7, 11) is 1.55. The van der Waals surface area contributed by atoms with Crippen molar-refractivity contribution in [3.63, 3.8) is 0 Å². The van der Waals surface area contributed by atoms with Crippen LogP contribution in [0.25, 0.3) is 10.9 Å². The Morgan fingerprint density at radius 2 is 2.17 bits per heavy atom. The van der Waals surface area contributed by atoms with Gasteiger partial charge in [0.2, 0.25) is 5.43 Å². The fraction of sp³-hybridized carbons (Fsp3) is 0.231. The van der Waals surface area contributed by atoms with Crippen molar-refractivity contribution >= 4 is 16.9 Å². The number of fused-ring (bicyclic) bond motifs is 1. The number of rotatable bonds is 3. The van der Waals surface area contributed by atoms with Gasteiger partial charge in [0.05, 0.1) is 19.2 Å². The van der Waals surface area contributed by atoms with Crippen molar-refractivity contribution in [1.29, 1.82) is 0 Å². The summed E-state index contributed by atoms with van der Waals surface area (Å²) in [6.45, 7) is 1.93.